The van der Waals surface area contributed by atoms with Crippen molar-refractivity contribution in [3.05, 3.63) is 66.3 Å². The van der Waals surface area contributed by atoms with Crippen molar-refractivity contribution in [2.75, 3.05) is 19.6 Å². The summed E-state index contributed by atoms with van der Waals surface area (Å²) in [7, 11) is 0. The molecule has 1 aliphatic heterocycles. The van der Waals surface area contributed by atoms with Crippen molar-refractivity contribution in [3.63, 3.8) is 0 Å². The minimum absolute atomic E-state index is 0. The molecule has 2 aromatic heterocycles. The van der Waals surface area contributed by atoms with Gasteiger partial charge in [-0.2, -0.15) is 0 Å². The maximum atomic E-state index is 11.9. The summed E-state index contributed by atoms with van der Waals surface area (Å²) in [4.78, 5) is 22.7. The molecule has 4 rings (SSSR count). The van der Waals surface area contributed by atoms with E-state index in [0.717, 1.165) is 36.3 Å². The molecular formula is C22H28N4O. The van der Waals surface area contributed by atoms with Crippen molar-refractivity contribution >= 4 is 12.0 Å². The zero-order chi connectivity index (χ0) is 18.6. The highest BCUT2D eigenvalue weighted by molar-refractivity contribution is 5.91. The van der Waals surface area contributed by atoms with Gasteiger partial charge in [-0.1, -0.05) is 6.07 Å². The van der Waals surface area contributed by atoms with Crippen LogP contribution in [-0.2, 0) is 4.79 Å². The second kappa shape index (κ2) is 8.01. The first-order valence-electron chi connectivity index (χ1n) is 9.72. The first kappa shape index (κ1) is 17.9. The van der Waals surface area contributed by atoms with Crippen molar-refractivity contribution in [1.29, 1.82) is 0 Å². The van der Waals surface area contributed by atoms with E-state index >= 15 is 0 Å². The normalized spacial score (nSPS) is 25.3. The van der Waals surface area contributed by atoms with Crippen LogP contribution < -0.4 is 5.32 Å². The van der Waals surface area contributed by atoms with Gasteiger partial charge in [-0.05, 0) is 66.5 Å². The Balaban J connectivity index is 0.00000225. The Hall–Kier alpha value is -2.53. The predicted octanol–water partition coefficient (Wildman–Crippen LogP) is 3.18. The first-order valence-corrected chi connectivity index (χ1v) is 9.72. The second-order valence-electron chi connectivity index (χ2n) is 7.60. The van der Waals surface area contributed by atoms with Crippen molar-refractivity contribution in [2.24, 2.45) is 17.8 Å². The van der Waals surface area contributed by atoms with E-state index in [1.165, 1.54) is 18.7 Å². The number of pyridine rings is 2. The third kappa shape index (κ3) is 4.25. The topological polar surface area (TPSA) is 58.1 Å². The van der Waals surface area contributed by atoms with Crippen LogP contribution in [0, 0.1) is 17.8 Å². The number of nitrogens with one attached hydrogen (secondary N) is 1. The van der Waals surface area contributed by atoms with Gasteiger partial charge in [0.1, 0.15) is 0 Å². The van der Waals surface area contributed by atoms with E-state index in [1.54, 1.807) is 24.5 Å². The SMILES string of the molecule is CC(c1ccncc1)N1C[C@@H]2C(CCNC(=O)/C=C/c3cccnc3)[C@@H]2C1.[HH]. The van der Waals surface area contributed by atoms with Gasteiger partial charge in [0.05, 0.1) is 0 Å². The van der Waals surface area contributed by atoms with Gasteiger partial charge in [0.25, 0.3) is 0 Å². The molecule has 0 aromatic carbocycles. The zero-order valence-corrected chi connectivity index (χ0v) is 15.7. The Morgan fingerprint density at radius 3 is 2.74 bits per heavy atom. The quantitative estimate of drug-likeness (QED) is 0.767. The summed E-state index contributed by atoms with van der Waals surface area (Å²) in [5.41, 5.74) is 2.28. The molecule has 0 radical (unpaired) electrons. The summed E-state index contributed by atoms with van der Waals surface area (Å²) < 4.78 is 0. The van der Waals surface area contributed by atoms with Gasteiger partial charge in [-0.3, -0.25) is 19.7 Å². The molecule has 1 aliphatic carbocycles. The lowest BCUT2D eigenvalue weighted by atomic mass is 10.1. The number of piperidine rings is 1. The maximum Gasteiger partial charge on any atom is 0.244 e. The van der Waals surface area contributed by atoms with E-state index in [2.05, 4.69) is 39.2 Å². The van der Waals surface area contributed by atoms with E-state index in [-0.39, 0.29) is 7.33 Å². The smallest absolute Gasteiger partial charge is 0.244 e. The van der Waals surface area contributed by atoms with E-state index in [1.807, 2.05) is 24.5 Å². The molecule has 5 nitrogen and oxygen atoms in total. The van der Waals surface area contributed by atoms with E-state index in [4.69, 9.17) is 0 Å². The molecule has 1 N–H and O–H groups in total. The van der Waals surface area contributed by atoms with Crippen LogP contribution in [0.2, 0.25) is 0 Å². The molecule has 0 bridgehead atoms. The highest BCUT2D eigenvalue weighted by atomic mass is 16.1. The lowest BCUT2D eigenvalue weighted by Crippen LogP contribution is -2.29. The van der Waals surface area contributed by atoms with Crippen molar-refractivity contribution in [1.82, 2.24) is 20.2 Å². The summed E-state index contributed by atoms with van der Waals surface area (Å²) in [5, 5.41) is 3.01. The third-order valence-corrected chi connectivity index (χ3v) is 6.02. The molecule has 4 atom stereocenters. The molecule has 2 fully saturated rings. The molecule has 1 amide bonds. The number of fused-ring (bicyclic) bond motifs is 1. The van der Waals surface area contributed by atoms with Crippen LogP contribution >= 0.6 is 0 Å². The highest BCUT2D eigenvalue weighted by Crippen LogP contribution is 2.54. The summed E-state index contributed by atoms with van der Waals surface area (Å²) >= 11 is 0. The number of carbonyl (C=O) groups excluding carboxylic acids is 1. The highest BCUT2D eigenvalue weighted by Gasteiger charge is 2.55. The number of aromatic nitrogens is 2. The summed E-state index contributed by atoms with van der Waals surface area (Å²) in [6.45, 7) is 5.39. The van der Waals surface area contributed by atoms with E-state index in [0.29, 0.717) is 6.04 Å². The average Bonchev–Trinajstić information content (AvgIpc) is 3.16. The average molecular weight is 364 g/mol. The first-order chi connectivity index (χ1) is 13.2. The van der Waals surface area contributed by atoms with Crippen LogP contribution in [0.25, 0.3) is 6.08 Å². The van der Waals surface area contributed by atoms with Gasteiger partial charge < -0.3 is 5.32 Å². The number of rotatable bonds is 7. The Morgan fingerprint density at radius 2 is 2.04 bits per heavy atom. The second-order valence-corrected chi connectivity index (χ2v) is 7.60. The zero-order valence-electron chi connectivity index (χ0n) is 15.7. The van der Waals surface area contributed by atoms with Gasteiger partial charge >= 0.3 is 0 Å². The molecule has 1 saturated heterocycles. The molecular weight excluding hydrogens is 336 g/mol. The Labute approximate surface area is 162 Å². The van der Waals surface area contributed by atoms with Gasteiger partial charge in [0.15, 0.2) is 0 Å². The minimum Gasteiger partial charge on any atom is -0.353 e. The number of hydrogen-bond donors (Lipinski definition) is 1. The largest absolute Gasteiger partial charge is 0.353 e. The third-order valence-electron chi connectivity index (χ3n) is 6.02. The number of amides is 1. The van der Waals surface area contributed by atoms with Crippen LogP contribution in [0.15, 0.2) is 55.1 Å². The number of likely N-dealkylation sites (tertiary alicyclic amines) is 1. The number of carbonyl (C=O) groups is 1. The lowest BCUT2D eigenvalue weighted by molar-refractivity contribution is -0.116. The van der Waals surface area contributed by atoms with E-state index < -0.39 is 0 Å². The molecule has 1 saturated carbocycles. The summed E-state index contributed by atoms with van der Waals surface area (Å²) in [6.07, 6.45) is 11.7. The lowest BCUT2D eigenvalue weighted by Gasteiger charge is -2.27. The molecule has 5 heteroatoms. The fourth-order valence-corrected chi connectivity index (χ4v) is 4.35. The fourth-order valence-electron chi connectivity index (χ4n) is 4.35. The monoisotopic (exact) mass is 364 g/mol. The van der Waals surface area contributed by atoms with Crippen LogP contribution in [0.3, 0.4) is 0 Å². The van der Waals surface area contributed by atoms with Gasteiger partial charge in [0.2, 0.25) is 5.91 Å². The van der Waals surface area contributed by atoms with Gasteiger partial charge in [-0.15, -0.1) is 0 Å². The van der Waals surface area contributed by atoms with Gasteiger partial charge in [0, 0.05) is 58.0 Å². The summed E-state index contributed by atoms with van der Waals surface area (Å²) in [5.74, 6) is 2.35. The van der Waals surface area contributed by atoms with Crippen LogP contribution in [0.1, 0.15) is 31.9 Å². The Kier molecular flexibility index (Phi) is 5.30. The Morgan fingerprint density at radius 1 is 1.26 bits per heavy atom. The molecule has 27 heavy (non-hydrogen) atoms. The predicted molar refractivity (Wildman–Crippen MR) is 108 cm³/mol. The number of nitrogens with zero attached hydrogens (tertiary/aromatic N) is 3. The minimum atomic E-state index is -0.0300. The standard InChI is InChI=1S/C22H26N4O.H2/c1-16(18-6-10-23-11-7-18)26-14-20-19(21(20)15-26)8-12-25-22(27)5-4-17-3-2-9-24-13-17;/h2-7,9-11,13,16,19-21H,8,12,14-15H2,1H3,(H,25,27);1H/b5-4+;/t16?,19?,20-,21+;. The molecule has 2 aliphatic rings. The fraction of sp³-hybridized carbons (Fsp3) is 0.409. The Bertz CT molecular complexity index is 787. The summed E-state index contributed by atoms with van der Waals surface area (Å²) in [6, 6.07) is 8.48. The van der Waals surface area contributed by atoms with Crippen molar-refractivity contribution in [2.45, 2.75) is 19.4 Å². The molecule has 0 spiro atoms. The van der Waals surface area contributed by atoms with Crippen LogP contribution in [0.5, 0.6) is 0 Å². The van der Waals surface area contributed by atoms with Crippen LogP contribution in [0.4, 0.5) is 0 Å². The van der Waals surface area contributed by atoms with E-state index in [9.17, 15) is 4.79 Å². The molecule has 2 aromatic rings. The van der Waals surface area contributed by atoms with Crippen molar-refractivity contribution in [3.8, 4) is 0 Å². The molecule has 3 heterocycles. The number of hydrogen-bond acceptors (Lipinski definition) is 4. The van der Waals surface area contributed by atoms with Gasteiger partial charge in [-0.25, -0.2) is 0 Å². The molecule has 142 valence electrons. The maximum absolute atomic E-state index is 11.9. The van der Waals surface area contributed by atoms with Crippen molar-refractivity contribution < 1.29 is 6.22 Å². The van der Waals surface area contributed by atoms with Crippen LogP contribution in [-0.4, -0.2) is 40.4 Å². The molecule has 2 unspecified atom stereocenters.